The number of hydroxylamine groups is 1. The zero-order valence-corrected chi connectivity index (χ0v) is 8.99. The van der Waals surface area contributed by atoms with Gasteiger partial charge in [-0.05, 0) is 6.07 Å². The Bertz CT molecular complexity index is 360. The third kappa shape index (κ3) is 2.56. The van der Waals surface area contributed by atoms with Gasteiger partial charge in [-0.25, -0.2) is 4.39 Å². The van der Waals surface area contributed by atoms with Crippen molar-refractivity contribution in [3.8, 4) is 5.75 Å². The molecule has 6 heteroatoms. The molecule has 1 N–H and O–H groups in total. The van der Waals surface area contributed by atoms with Crippen molar-refractivity contribution < 1.29 is 18.4 Å². The van der Waals surface area contributed by atoms with Gasteiger partial charge in [0.15, 0.2) is 11.6 Å². The average Bonchev–Trinajstić information content (AvgIpc) is 2.23. The molecule has 0 heterocycles. The third-order valence-corrected chi connectivity index (χ3v) is 2.08. The molecule has 0 saturated carbocycles. The van der Waals surface area contributed by atoms with Crippen LogP contribution in [0, 0.1) is 11.6 Å². The smallest absolute Gasteiger partial charge is 0.202 e. The van der Waals surface area contributed by atoms with Gasteiger partial charge in [0.1, 0.15) is 0 Å². The van der Waals surface area contributed by atoms with Crippen molar-refractivity contribution in [2.75, 3.05) is 14.2 Å². The van der Waals surface area contributed by atoms with E-state index in [1.54, 1.807) is 0 Å². The second-order valence-electron chi connectivity index (χ2n) is 2.70. The van der Waals surface area contributed by atoms with Crippen LogP contribution in [0.25, 0.3) is 0 Å². The Balaban J connectivity index is 3.13. The van der Waals surface area contributed by atoms with Crippen molar-refractivity contribution in [2.45, 2.75) is 6.54 Å². The Morgan fingerprint density at radius 1 is 1.33 bits per heavy atom. The van der Waals surface area contributed by atoms with Crippen LogP contribution in [-0.4, -0.2) is 14.2 Å². The minimum atomic E-state index is -1.12. The number of halogens is 3. The van der Waals surface area contributed by atoms with Crippen molar-refractivity contribution >= 4 is 11.6 Å². The fourth-order valence-electron chi connectivity index (χ4n) is 1.13. The summed E-state index contributed by atoms with van der Waals surface area (Å²) in [7, 11) is 2.66. The molecule has 0 unspecified atom stereocenters. The Labute approximate surface area is 90.9 Å². The van der Waals surface area contributed by atoms with Crippen LogP contribution in [0.2, 0.25) is 5.02 Å². The van der Waals surface area contributed by atoms with E-state index < -0.39 is 11.6 Å². The molecule has 0 radical (unpaired) electrons. The molecule has 3 nitrogen and oxygen atoms in total. The monoisotopic (exact) mass is 237 g/mol. The number of hydrogen-bond donors (Lipinski definition) is 1. The zero-order valence-electron chi connectivity index (χ0n) is 8.23. The summed E-state index contributed by atoms with van der Waals surface area (Å²) in [6, 6.07) is 1.28. The highest BCUT2D eigenvalue weighted by atomic mass is 35.5. The highest BCUT2D eigenvalue weighted by Gasteiger charge is 2.17. The van der Waals surface area contributed by atoms with E-state index in [1.165, 1.54) is 20.3 Å². The number of nitrogens with one attached hydrogen (secondary N) is 1. The summed E-state index contributed by atoms with van der Waals surface area (Å²) in [5.74, 6) is -2.39. The van der Waals surface area contributed by atoms with Gasteiger partial charge in [0.05, 0.1) is 19.2 Å². The van der Waals surface area contributed by atoms with E-state index in [2.05, 4.69) is 10.3 Å². The minimum Gasteiger partial charge on any atom is -0.493 e. The van der Waals surface area contributed by atoms with E-state index >= 15 is 0 Å². The number of benzene rings is 1. The van der Waals surface area contributed by atoms with E-state index in [-0.39, 0.29) is 17.3 Å². The number of rotatable bonds is 4. The molecule has 0 aliphatic rings. The standard InChI is InChI=1S/C9H10ClF2NO2/c1-14-9-5(4-13-15-2)3-6(10)7(11)8(9)12/h3,13H,4H2,1-2H3. The lowest BCUT2D eigenvalue weighted by Crippen LogP contribution is -2.12. The molecule has 0 aliphatic carbocycles. The maximum Gasteiger partial charge on any atom is 0.202 e. The summed E-state index contributed by atoms with van der Waals surface area (Å²) in [6.07, 6.45) is 0. The van der Waals surface area contributed by atoms with Crippen molar-refractivity contribution in [1.29, 1.82) is 0 Å². The summed E-state index contributed by atoms with van der Waals surface area (Å²) < 4.78 is 31.1. The Hall–Kier alpha value is -0.910. The van der Waals surface area contributed by atoms with Crippen LogP contribution in [0.1, 0.15) is 5.56 Å². The second-order valence-corrected chi connectivity index (χ2v) is 3.11. The fraction of sp³-hybridized carbons (Fsp3) is 0.333. The number of methoxy groups -OCH3 is 1. The van der Waals surface area contributed by atoms with Crippen LogP contribution >= 0.6 is 11.6 Å². The maximum atomic E-state index is 13.3. The van der Waals surface area contributed by atoms with Gasteiger partial charge in [-0.15, -0.1) is 0 Å². The molecule has 0 saturated heterocycles. The SMILES string of the molecule is CONCc1cc(Cl)c(F)c(F)c1OC. The summed E-state index contributed by atoms with van der Waals surface area (Å²) >= 11 is 5.49. The van der Waals surface area contributed by atoms with Gasteiger partial charge >= 0.3 is 0 Å². The van der Waals surface area contributed by atoms with Crippen molar-refractivity contribution in [3.05, 3.63) is 28.3 Å². The molecule has 0 fully saturated rings. The van der Waals surface area contributed by atoms with Crippen LogP contribution < -0.4 is 10.2 Å². The third-order valence-electron chi connectivity index (χ3n) is 1.81. The maximum absolute atomic E-state index is 13.3. The van der Waals surface area contributed by atoms with Gasteiger partial charge < -0.3 is 9.57 Å². The van der Waals surface area contributed by atoms with Crippen LogP contribution in [0.3, 0.4) is 0 Å². The van der Waals surface area contributed by atoms with Crippen LogP contribution in [-0.2, 0) is 11.4 Å². The summed E-state index contributed by atoms with van der Waals surface area (Å²) in [6.45, 7) is 0.163. The first-order valence-electron chi connectivity index (χ1n) is 4.08. The van der Waals surface area contributed by atoms with Gasteiger partial charge in [-0.2, -0.15) is 9.87 Å². The molecule has 1 aromatic rings. The van der Waals surface area contributed by atoms with Crippen molar-refractivity contribution in [3.63, 3.8) is 0 Å². The Morgan fingerprint density at radius 2 is 2.00 bits per heavy atom. The van der Waals surface area contributed by atoms with E-state index in [0.717, 1.165) is 0 Å². The molecule has 0 amide bonds. The first-order valence-corrected chi connectivity index (χ1v) is 4.45. The molecule has 1 aromatic carbocycles. The quantitative estimate of drug-likeness (QED) is 0.644. The van der Waals surface area contributed by atoms with Crippen LogP contribution in [0.4, 0.5) is 8.78 Å². The molecule has 84 valence electrons. The average molecular weight is 238 g/mol. The van der Waals surface area contributed by atoms with E-state index in [9.17, 15) is 8.78 Å². The predicted molar refractivity (Wildman–Crippen MR) is 51.8 cm³/mol. The van der Waals surface area contributed by atoms with E-state index in [4.69, 9.17) is 16.3 Å². The first-order chi connectivity index (χ1) is 7.11. The van der Waals surface area contributed by atoms with Crippen molar-refractivity contribution in [1.82, 2.24) is 5.48 Å². The summed E-state index contributed by atoms with van der Waals surface area (Å²) in [5, 5.41) is -0.291. The lowest BCUT2D eigenvalue weighted by Gasteiger charge is -2.11. The largest absolute Gasteiger partial charge is 0.493 e. The van der Waals surface area contributed by atoms with E-state index in [1.807, 2.05) is 0 Å². The van der Waals surface area contributed by atoms with Crippen LogP contribution in [0.15, 0.2) is 6.07 Å². The highest BCUT2D eigenvalue weighted by Crippen LogP contribution is 2.30. The summed E-state index contributed by atoms with van der Waals surface area (Å²) in [4.78, 5) is 4.59. The molecular weight excluding hydrogens is 228 g/mol. The molecule has 0 aromatic heterocycles. The molecule has 1 rings (SSSR count). The first kappa shape index (κ1) is 12.2. The molecule has 0 bridgehead atoms. The van der Waals surface area contributed by atoms with Crippen molar-refractivity contribution in [2.24, 2.45) is 0 Å². The van der Waals surface area contributed by atoms with Gasteiger partial charge in [0, 0.05) is 12.1 Å². The van der Waals surface area contributed by atoms with E-state index in [0.29, 0.717) is 5.56 Å². The van der Waals surface area contributed by atoms with Gasteiger partial charge in [0.2, 0.25) is 5.82 Å². The predicted octanol–water partition coefficient (Wildman–Crippen LogP) is 2.28. The van der Waals surface area contributed by atoms with Gasteiger partial charge in [0.25, 0.3) is 0 Å². The zero-order chi connectivity index (χ0) is 11.4. The van der Waals surface area contributed by atoms with Crippen LogP contribution in [0.5, 0.6) is 5.75 Å². The highest BCUT2D eigenvalue weighted by molar-refractivity contribution is 6.30. The van der Waals surface area contributed by atoms with Gasteiger partial charge in [-0.3, -0.25) is 0 Å². The summed E-state index contributed by atoms with van der Waals surface area (Å²) in [5.41, 5.74) is 2.86. The fourth-order valence-corrected chi connectivity index (χ4v) is 1.34. The second kappa shape index (κ2) is 5.25. The molecule has 0 spiro atoms. The van der Waals surface area contributed by atoms with Gasteiger partial charge in [-0.1, -0.05) is 11.6 Å². The molecular formula is C9H10ClF2NO2. The topological polar surface area (TPSA) is 30.5 Å². The lowest BCUT2D eigenvalue weighted by molar-refractivity contribution is 0.0859. The Morgan fingerprint density at radius 3 is 2.53 bits per heavy atom. The Kier molecular flexibility index (Phi) is 4.26. The number of ether oxygens (including phenoxy) is 1. The lowest BCUT2D eigenvalue weighted by atomic mass is 10.2. The molecule has 0 aliphatic heterocycles. The minimum absolute atomic E-state index is 0.163. The number of hydrogen-bond acceptors (Lipinski definition) is 3. The normalized spacial score (nSPS) is 10.5. The molecule has 0 atom stereocenters. The molecule has 15 heavy (non-hydrogen) atoms.